The molecule has 0 radical (unpaired) electrons. The molecule has 1 heterocycles. The number of ether oxygens (including phenoxy) is 1. The molecule has 0 saturated carbocycles. The Kier molecular flexibility index (Phi) is 4.36. The highest BCUT2D eigenvalue weighted by Crippen LogP contribution is 2.22. The van der Waals surface area contributed by atoms with Gasteiger partial charge in [0.15, 0.2) is 0 Å². The first-order valence-corrected chi connectivity index (χ1v) is 6.03. The van der Waals surface area contributed by atoms with Crippen LogP contribution in [-0.4, -0.2) is 23.1 Å². The molecule has 18 heavy (non-hydrogen) atoms. The number of nitrogens with zero attached hydrogens (tertiary/aromatic N) is 2. The Morgan fingerprint density at radius 3 is 2.67 bits per heavy atom. The summed E-state index contributed by atoms with van der Waals surface area (Å²) in [4.78, 5) is 8.27. The zero-order chi connectivity index (χ0) is 12.8. The van der Waals surface area contributed by atoms with Gasteiger partial charge < -0.3 is 10.1 Å². The number of nitrogens with one attached hydrogen (secondary N) is 1. The molecular weight excluding hydrogens is 250 g/mol. The highest BCUT2D eigenvalue weighted by molar-refractivity contribution is 6.32. The van der Waals surface area contributed by atoms with Crippen molar-refractivity contribution in [3.05, 3.63) is 47.2 Å². The third-order valence-electron chi connectivity index (χ3n) is 2.26. The summed E-state index contributed by atoms with van der Waals surface area (Å²) in [6.45, 7) is 3.07. The average Bonchev–Trinajstić information content (AvgIpc) is 2.39. The largest absolute Gasteiger partial charge is 0.490 e. The smallest absolute Gasteiger partial charge is 0.222 e. The maximum absolute atomic E-state index is 5.97. The first kappa shape index (κ1) is 12.6. The second-order valence-corrected chi connectivity index (χ2v) is 4.20. The van der Waals surface area contributed by atoms with Gasteiger partial charge in [0, 0.05) is 12.4 Å². The standard InChI is InChI=1S/C13H14ClN3O/c1-10-8-16-13(17-9-10)15-6-7-18-12-5-3-2-4-11(12)14/h2-5,8-9H,6-7H2,1H3,(H,15,16,17). The number of hydrogen-bond acceptors (Lipinski definition) is 4. The van der Waals surface area contributed by atoms with Gasteiger partial charge in [-0.3, -0.25) is 0 Å². The molecule has 0 atom stereocenters. The molecule has 0 aliphatic carbocycles. The summed E-state index contributed by atoms with van der Waals surface area (Å²) in [5.41, 5.74) is 1.04. The number of para-hydroxylation sites is 1. The zero-order valence-electron chi connectivity index (χ0n) is 10.1. The fourth-order valence-corrected chi connectivity index (χ4v) is 1.56. The van der Waals surface area contributed by atoms with Crippen molar-refractivity contribution in [2.24, 2.45) is 0 Å². The summed E-state index contributed by atoms with van der Waals surface area (Å²) < 4.78 is 5.53. The van der Waals surface area contributed by atoms with Gasteiger partial charge >= 0.3 is 0 Å². The summed E-state index contributed by atoms with van der Waals surface area (Å²) in [7, 11) is 0. The maximum Gasteiger partial charge on any atom is 0.222 e. The van der Waals surface area contributed by atoms with E-state index in [1.165, 1.54) is 0 Å². The first-order chi connectivity index (χ1) is 8.75. The van der Waals surface area contributed by atoms with Crippen LogP contribution >= 0.6 is 11.6 Å². The monoisotopic (exact) mass is 263 g/mol. The van der Waals surface area contributed by atoms with Gasteiger partial charge in [0.25, 0.3) is 0 Å². The molecule has 1 aromatic carbocycles. The normalized spacial score (nSPS) is 10.1. The molecule has 0 aliphatic rings. The fourth-order valence-electron chi connectivity index (χ4n) is 1.37. The molecule has 2 rings (SSSR count). The van der Waals surface area contributed by atoms with Gasteiger partial charge in [-0.15, -0.1) is 0 Å². The molecular formula is C13H14ClN3O. The van der Waals surface area contributed by atoms with Crippen molar-refractivity contribution in [1.82, 2.24) is 9.97 Å². The average molecular weight is 264 g/mol. The van der Waals surface area contributed by atoms with Crippen molar-refractivity contribution in [2.45, 2.75) is 6.92 Å². The minimum Gasteiger partial charge on any atom is -0.490 e. The quantitative estimate of drug-likeness (QED) is 0.843. The van der Waals surface area contributed by atoms with Crippen LogP contribution in [0.4, 0.5) is 5.95 Å². The number of rotatable bonds is 5. The highest BCUT2D eigenvalue weighted by Gasteiger charge is 1.99. The SMILES string of the molecule is Cc1cnc(NCCOc2ccccc2Cl)nc1. The molecule has 0 spiro atoms. The maximum atomic E-state index is 5.97. The predicted molar refractivity (Wildman–Crippen MR) is 72.2 cm³/mol. The second-order valence-electron chi connectivity index (χ2n) is 3.79. The van der Waals surface area contributed by atoms with Crippen LogP contribution in [0.5, 0.6) is 5.75 Å². The lowest BCUT2D eigenvalue weighted by atomic mass is 10.3. The van der Waals surface area contributed by atoms with Gasteiger partial charge in [-0.2, -0.15) is 0 Å². The molecule has 0 aliphatic heterocycles. The van der Waals surface area contributed by atoms with E-state index in [9.17, 15) is 0 Å². The molecule has 1 aromatic heterocycles. The Bertz CT molecular complexity index is 502. The van der Waals surface area contributed by atoms with E-state index >= 15 is 0 Å². The minimum atomic E-state index is 0.501. The molecule has 1 N–H and O–H groups in total. The molecule has 0 unspecified atom stereocenters. The van der Waals surface area contributed by atoms with Crippen LogP contribution < -0.4 is 10.1 Å². The molecule has 0 bridgehead atoms. The number of anilines is 1. The second kappa shape index (κ2) is 6.21. The summed E-state index contributed by atoms with van der Waals surface area (Å²) in [5, 5.41) is 3.69. The van der Waals surface area contributed by atoms with E-state index in [1.54, 1.807) is 18.5 Å². The van der Waals surface area contributed by atoms with Gasteiger partial charge in [0.2, 0.25) is 5.95 Å². The van der Waals surface area contributed by atoms with Crippen molar-refractivity contribution >= 4 is 17.5 Å². The van der Waals surface area contributed by atoms with Crippen LogP contribution in [0, 0.1) is 6.92 Å². The van der Waals surface area contributed by atoms with E-state index in [2.05, 4.69) is 15.3 Å². The molecule has 4 nitrogen and oxygen atoms in total. The van der Waals surface area contributed by atoms with E-state index < -0.39 is 0 Å². The Morgan fingerprint density at radius 2 is 1.94 bits per heavy atom. The van der Waals surface area contributed by atoms with Gasteiger partial charge in [-0.1, -0.05) is 23.7 Å². The van der Waals surface area contributed by atoms with Gasteiger partial charge in [0.1, 0.15) is 12.4 Å². The van der Waals surface area contributed by atoms with Gasteiger partial charge in [-0.25, -0.2) is 9.97 Å². The number of aryl methyl sites for hydroxylation is 1. The van der Waals surface area contributed by atoms with E-state index in [0.717, 1.165) is 5.56 Å². The third-order valence-corrected chi connectivity index (χ3v) is 2.57. The van der Waals surface area contributed by atoms with Crippen molar-refractivity contribution < 1.29 is 4.74 Å². The van der Waals surface area contributed by atoms with Crippen molar-refractivity contribution in [3.8, 4) is 5.75 Å². The lowest BCUT2D eigenvalue weighted by Gasteiger charge is -2.08. The molecule has 0 amide bonds. The van der Waals surface area contributed by atoms with Crippen LogP contribution in [-0.2, 0) is 0 Å². The van der Waals surface area contributed by atoms with Gasteiger partial charge in [0.05, 0.1) is 11.6 Å². The number of aromatic nitrogens is 2. The summed E-state index contributed by atoms with van der Waals surface area (Å²) in [5.74, 6) is 1.29. The van der Waals surface area contributed by atoms with E-state index in [1.807, 2.05) is 25.1 Å². The third kappa shape index (κ3) is 3.60. The molecule has 0 saturated heterocycles. The van der Waals surface area contributed by atoms with Crippen LogP contribution in [0.3, 0.4) is 0 Å². The predicted octanol–water partition coefficient (Wildman–Crippen LogP) is 2.93. The van der Waals surface area contributed by atoms with Crippen LogP contribution in [0.1, 0.15) is 5.56 Å². The molecule has 94 valence electrons. The summed E-state index contributed by atoms with van der Waals surface area (Å²) >= 11 is 5.97. The van der Waals surface area contributed by atoms with E-state index in [0.29, 0.717) is 29.9 Å². The summed E-state index contributed by atoms with van der Waals surface area (Å²) in [6, 6.07) is 7.39. The number of hydrogen-bond donors (Lipinski definition) is 1. The fraction of sp³-hybridized carbons (Fsp3) is 0.231. The lowest BCUT2D eigenvalue weighted by molar-refractivity contribution is 0.333. The Hall–Kier alpha value is -1.81. The highest BCUT2D eigenvalue weighted by atomic mass is 35.5. The van der Waals surface area contributed by atoms with E-state index in [-0.39, 0.29) is 0 Å². The minimum absolute atomic E-state index is 0.501. The molecule has 2 aromatic rings. The number of halogens is 1. The summed E-state index contributed by atoms with van der Waals surface area (Å²) in [6.07, 6.45) is 3.54. The zero-order valence-corrected chi connectivity index (χ0v) is 10.8. The Morgan fingerprint density at radius 1 is 1.22 bits per heavy atom. The number of benzene rings is 1. The Labute approximate surface area is 111 Å². The van der Waals surface area contributed by atoms with Crippen molar-refractivity contribution in [3.63, 3.8) is 0 Å². The van der Waals surface area contributed by atoms with Gasteiger partial charge in [-0.05, 0) is 24.6 Å². The van der Waals surface area contributed by atoms with Crippen LogP contribution in [0.25, 0.3) is 0 Å². The Balaban J connectivity index is 1.76. The molecule has 5 heteroatoms. The van der Waals surface area contributed by atoms with Crippen LogP contribution in [0.2, 0.25) is 5.02 Å². The topological polar surface area (TPSA) is 47.0 Å². The first-order valence-electron chi connectivity index (χ1n) is 5.65. The van der Waals surface area contributed by atoms with E-state index in [4.69, 9.17) is 16.3 Å². The lowest BCUT2D eigenvalue weighted by Crippen LogP contribution is -2.13. The van der Waals surface area contributed by atoms with Crippen molar-refractivity contribution in [2.75, 3.05) is 18.5 Å². The van der Waals surface area contributed by atoms with Crippen molar-refractivity contribution in [1.29, 1.82) is 0 Å². The van der Waals surface area contributed by atoms with Crippen LogP contribution in [0.15, 0.2) is 36.7 Å². The molecule has 0 fully saturated rings.